The fraction of sp³-hybridized carbons (Fsp3) is 0.385. The minimum Gasteiger partial charge on any atom is -0.316 e. The zero-order chi connectivity index (χ0) is 12.1. The zero-order valence-corrected chi connectivity index (χ0v) is 10.3. The highest BCUT2D eigenvalue weighted by molar-refractivity contribution is 5.12. The van der Waals surface area contributed by atoms with Crippen molar-refractivity contribution >= 4 is 0 Å². The predicted molar refractivity (Wildman–Crippen MR) is 67.7 cm³/mol. The number of rotatable bonds is 5. The Morgan fingerprint density at radius 2 is 2.00 bits per heavy atom. The molecule has 2 rings (SSSR count). The number of aryl methyl sites for hydroxylation is 1. The van der Waals surface area contributed by atoms with Gasteiger partial charge in [0, 0.05) is 38.1 Å². The molecule has 2 heterocycles. The van der Waals surface area contributed by atoms with Crippen LogP contribution in [0.15, 0.2) is 36.8 Å². The Kier molecular flexibility index (Phi) is 3.88. The molecule has 0 aliphatic rings. The molecule has 0 saturated heterocycles. The number of nitrogens with one attached hydrogen (secondary N) is 1. The van der Waals surface area contributed by atoms with Crippen molar-refractivity contribution in [2.45, 2.75) is 18.9 Å². The second-order valence-electron chi connectivity index (χ2n) is 4.23. The van der Waals surface area contributed by atoms with Crippen molar-refractivity contribution in [2.75, 3.05) is 7.05 Å². The maximum absolute atomic E-state index is 4.40. The number of pyridine rings is 1. The summed E-state index contributed by atoms with van der Waals surface area (Å²) in [5.41, 5.74) is 2.43. The van der Waals surface area contributed by atoms with E-state index in [2.05, 4.69) is 33.6 Å². The molecule has 0 aliphatic heterocycles. The van der Waals surface area contributed by atoms with Crippen molar-refractivity contribution in [3.05, 3.63) is 48.0 Å². The van der Waals surface area contributed by atoms with E-state index in [1.165, 1.54) is 5.56 Å². The van der Waals surface area contributed by atoms with Crippen LogP contribution in [0.2, 0.25) is 0 Å². The Morgan fingerprint density at radius 3 is 2.59 bits per heavy atom. The van der Waals surface area contributed by atoms with Gasteiger partial charge in [0.05, 0.1) is 5.69 Å². The standard InChI is InChI=1S/C13H18N4/c1-14-13(9-11-3-6-15-7-4-11)10-12-5-8-17(2)16-12/h3-8,13-14H,9-10H2,1-2H3. The molecule has 17 heavy (non-hydrogen) atoms. The second-order valence-corrected chi connectivity index (χ2v) is 4.23. The Bertz CT molecular complexity index is 449. The van der Waals surface area contributed by atoms with Crippen molar-refractivity contribution in [3.63, 3.8) is 0 Å². The summed E-state index contributed by atoms with van der Waals surface area (Å²) in [7, 11) is 3.94. The Morgan fingerprint density at radius 1 is 1.24 bits per heavy atom. The fourth-order valence-electron chi connectivity index (χ4n) is 1.90. The minimum atomic E-state index is 0.410. The molecule has 0 spiro atoms. The van der Waals surface area contributed by atoms with Gasteiger partial charge in [0.15, 0.2) is 0 Å². The smallest absolute Gasteiger partial charge is 0.0640 e. The van der Waals surface area contributed by atoms with Crippen LogP contribution in [0.25, 0.3) is 0 Å². The maximum Gasteiger partial charge on any atom is 0.0640 e. The fourth-order valence-corrected chi connectivity index (χ4v) is 1.90. The summed E-state index contributed by atoms with van der Waals surface area (Å²) >= 11 is 0. The van der Waals surface area contributed by atoms with E-state index in [9.17, 15) is 0 Å². The molecule has 2 aromatic rings. The van der Waals surface area contributed by atoms with Crippen molar-refractivity contribution in [1.82, 2.24) is 20.1 Å². The van der Waals surface area contributed by atoms with Gasteiger partial charge >= 0.3 is 0 Å². The minimum absolute atomic E-state index is 0.410. The SMILES string of the molecule is CNC(Cc1ccncc1)Cc1ccn(C)n1. The van der Waals surface area contributed by atoms with Crippen LogP contribution in [0.5, 0.6) is 0 Å². The zero-order valence-electron chi connectivity index (χ0n) is 10.3. The first kappa shape index (κ1) is 11.8. The summed E-state index contributed by atoms with van der Waals surface area (Å²) in [6, 6.07) is 6.59. The van der Waals surface area contributed by atoms with Crippen LogP contribution in [-0.4, -0.2) is 27.9 Å². The highest BCUT2D eigenvalue weighted by Gasteiger charge is 2.09. The van der Waals surface area contributed by atoms with Crippen LogP contribution in [0, 0.1) is 0 Å². The summed E-state index contributed by atoms with van der Waals surface area (Å²) in [6.07, 6.45) is 7.59. The van der Waals surface area contributed by atoms with Crippen molar-refractivity contribution < 1.29 is 0 Å². The maximum atomic E-state index is 4.40. The van der Waals surface area contributed by atoms with Crippen LogP contribution < -0.4 is 5.32 Å². The monoisotopic (exact) mass is 230 g/mol. The molecule has 2 aromatic heterocycles. The van der Waals surface area contributed by atoms with Crippen molar-refractivity contribution in [1.29, 1.82) is 0 Å². The molecule has 1 atom stereocenters. The third-order valence-electron chi connectivity index (χ3n) is 2.86. The van der Waals surface area contributed by atoms with Gasteiger partial charge < -0.3 is 5.32 Å². The molecule has 0 fully saturated rings. The van der Waals surface area contributed by atoms with E-state index in [0.29, 0.717) is 6.04 Å². The Hall–Kier alpha value is -1.68. The summed E-state index contributed by atoms with van der Waals surface area (Å²) in [5, 5.41) is 7.74. The number of nitrogens with zero attached hydrogens (tertiary/aromatic N) is 3. The molecule has 4 heteroatoms. The van der Waals surface area contributed by atoms with Crippen molar-refractivity contribution in [3.8, 4) is 0 Å². The van der Waals surface area contributed by atoms with Gasteiger partial charge in [0.1, 0.15) is 0 Å². The molecule has 90 valence electrons. The number of hydrogen-bond donors (Lipinski definition) is 1. The average molecular weight is 230 g/mol. The first-order chi connectivity index (χ1) is 8.28. The molecule has 0 aliphatic carbocycles. The lowest BCUT2D eigenvalue weighted by Crippen LogP contribution is -2.30. The summed E-state index contributed by atoms with van der Waals surface area (Å²) < 4.78 is 1.84. The molecule has 0 bridgehead atoms. The first-order valence-corrected chi connectivity index (χ1v) is 5.82. The van der Waals surface area contributed by atoms with Gasteiger partial charge in [-0.2, -0.15) is 5.10 Å². The molecule has 0 aromatic carbocycles. The number of likely N-dealkylation sites (N-methyl/N-ethyl adjacent to an activating group) is 1. The summed E-state index contributed by atoms with van der Waals surface area (Å²) in [6.45, 7) is 0. The third kappa shape index (κ3) is 3.39. The van der Waals surface area contributed by atoms with Gasteiger partial charge in [0.25, 0.3) is 0 Å². The average Bonchev–Trinajstić information content (AvgIpc) is 2.75. The van der Waals surface area contributed by atoms with E-state index in [-0.39, 0.29) is 0 Å². The molecular weight excluding hydrogens is 212 g/mol. The Labute approximate surface area is 102 Å². The number of aromatic nitrogens is 3. The largest absolute Gasteiger partial charge is 0.316 e. The molecule has 0 amide bonds. The van der Waals surface area contributed by atoms with E-state index in [0.717, 1.165) is 18.5 Å². The van der Waals surface area contributed by atoms with Gasteiger partial charge in [-0.15, -0.1) is 0 Å². The van der Waals surface area contributed by atoms with E-state index >= 15 is 0 Å². The van der Waals surface area contributed by atoms with Gasteiger partial charge in [-0.25, -0.2) is 0 Å². The van der Waals surface area contributed by atoms with E-state index in [1.807, 2.05) is 37.4 Å². The van der Waals surface area contributed by atoms with Crippen LogP contribution in [-0.2, 0) is 19.9 Å². The van der Waals surface area contributed by atoms with E-state index < -0.39 is 0 Å². The predicted octanol–water partition coefficient (Wildman–Crippen LogP) is 1.19. The molecule has 0 saturated carbocycles. The normalized spacial score (nSPS) is 12.6. The second kappa shape index (κ2) is 5.59. The van der Waals surface area contributed by atoms with Crippen LogP contribution in [0.4, 0.5) is 0 Å². The topological polar surface area (TPSA) is 42.7 Å². The highest BCUT2D eigenvalue weighted by Crippen LogP contribution is 2.06. The van der Waals surface area contributed by atoms with Gasteiger partial charge in [-0.3, -0.25) is 9.67 Å². The van der Waals surface area contributed by atoms with Crippen LogP contribution in [0.3, 0.4) is 0 Å². The van der Waals surface area contributed by atoms with Gasteiger partial charge in [-0.1, -0.05) is 0 Å². The lowest BCUT2D eigenvalue weighted by molar-refractivity contribution is 0.545. The Balaban J connectivity index is 1.98. The van der Waals surface area contributed by atoms with Crippen LogP contribution >= 0.6 is 0 Å². The highest BCUT2D eigenvalue weighted by atomic mass is 15.2. The lowest BCUT2D eigenvalue weighted by atomic mass is 10.0. The van der Waals surface area contributed by atoms with Crippen molar-refractivity contribution in [2.24, 2.45) is 7.05 Å². The molecule has 4 nitrogen and oxygen atoms in total. The lowest BCUT2D eigenvalue weighted by Gasteiger charge is -2.14. The van der Waals surface area contributed by atoms with E-state index in [4.69, 9.17) is 0 Å². The van der Waals surface area contributed by atoms with Crippen LogP contribution in [0.1, 0.15) is 11.3 Å². The van der Waals surface area contributed by atoms with E-state index in [1.54, 1.807) is 0 Å². The first-order valence-electron chi connectivity index (χ1n) is 5.82. The number of hydrogen-bond acceptors (Lipinski definition) is 3. The third-order valence-corrected chi connectivity index (χ3v) is 2.86. The molecule has 1 unspecified atom stereocenters. The van der Waals surface area contributed by atoms with Gasteiger partial charge in [-0.05, 0) is 37.2 Å². The summed E-state index contributed by atoms with van der Waals surface area (Å²) in [5.74, 6) is 0. The molecule has 1 N–H and O–H groups in total. The molecular formula is C13H18N4. The van der Waals surface area contributed by atoms with Gasteiger partial charge in [0.2, 0.25) is 0 Å². The summed E-state index contributed by atoms with van der Waals surface area (Å²) in [4.78, 5) is 4.03. The quantitative estimate of drug-likeness (QED) is 0.839. The molecule has 0 radical (unpaired) electrons.